The Labute approximate surface area is 91.2 Å². The first kappa shape index (κ1) is 8.60. The third-order valence-electron chi connectivity index (χ3n) is 1.77. The summed E-state index contributed by atoms with van der Waals surface area (Å²) in [6, 6.07) is 0. The molecule has 0 aliphatic heterocycles. The maximum Gasteiger partial charge on any atom is 0.212 e. The molecule has 0 unspecified atom stereocenters. The smallest absolute Gasteiger partial charge is 0.212 e. The van der Waals surface area contributed by atoms with Crippen LogP contribution in [0.2, 0.25) is 0 Å². The largest absolute Gasteiger partial charge is 0.598 e. The number of aromatic nitrogens is 2. The van der Waals surface area contributed by atoms with Gasteiger partial charge >= 0.3 is 0 Å². The lowest BCUT2D eigenvalue weighted by Crippen LogP contribution is -2.11. The SMILES string of the molecule is O=c1c2[n-]ssc2c(=O)c2ss[n-]c12. The van der Waals surface area contributed by atoms with Gasteiger partial charge in [0, 0.05) is 0 Å². The highest BCUT2D eigenvalue weighted by molar-refractivity contribution is 7.70. The van der Waals surface area contributed by atoms with Crippen molar-refractivity contribution in [1.29, 1.82) is 0 Å². The van der Waals surface area contributed by atoms with Crippen LogP contribution in [0.3, 0.4) is 0 Å². The summed E-state index contributed by atoms with van der Waals surface area (Å²) in [7, 11) is 4.83. The van der Waals surface area contributed by atoms with Gasteiger partial charge < -0.3 is 8.75 Å². The van der Waals surface area contributed by atoms with E-state index in [1.807, 2.05) is 0 Å². The first-order chi connectivity index (χ1) is 6.79. The van der Waals surface area contributed by atoms with Gasteiger partial charge in [0.2, 0.25) is 5.43 Å². The Balaban J connectivity index is 2.88. The van der Waals surface area contributed by atoms with Gasteiger partial charge in [-0.3, -0.25) is 9.59 Å². The van der Waals surface area contributed by atoms with E-state index in [9.17, 15) is 9.59 Å². The van der Waals surface area contributed by atoms with E-state index in [4.69, 9.17) is 0 Å². The zero-order valence-electron chi connectivity index (χ0n) is 6.34. The van der Waals surface area contributed by atoms with E-state index in [1.165, 1.54) is 41.8 Å². The Morgan fingerprint density at radius 3 is 1.79 bits per heavy atom. The molecule has 0 amide bonds. The molecule has 0 saturated carbocycles. The fourth-order valence-corrected chi connectivity index (χ4v) is 4.88. The minimum absolute atomic E-state index is 0.105. The average Bonchev–Trinajstić information content (AvgIpc) is 2.82. The van der Waals surface area contributed by atoms with Crippen molar-refractivity contribution in [2.45, 2.75) is 0 Å². The summed E-state index contributed by atoms with van der Waals surface area (Å²) in [5, 5.41) is 0. The Morgan fingerprint density at radius 1 is 0.786 bits per heavy atom. The third kappa shape index (κ3) is 0.962. The van der Waals surface area contributed by atoms with Gasteiger partial charge in [-0.1, -0.05) is 31.7 Å². The summed E-state index contributed by atoms with van der Waals surface area (Å²) >= 11 is 0. The zero-order valence-corrected chi connectivity index (χ0v) is 9.61. The molecule has 1 aromatic carbocycles. The number of rotatable bonds is 0. The van der Waals surface area contributed by atoms with Gasteiger partial charge in [-0.25, -0.2) is 21.1 Å². The molecule has 0 bridgehead atoms. The van der Waals surface area contributed by atoms with Crippen molar-refractivity contribution in [3.05, 3.63) is 20.4 Å². The molecule has 2 aromatic heterocycles. The van der Waals surface area contributed by atoms with Crippen LogP contribution >= 0.6 is 41.8 Å². The first-order valence-electron chi connectivity index (χ1n) is 3.46. The molecule has 3 aromatic rings. The quantitative estimate of drug-likeness (QED) is 0.574. The Bertz CT molecular complexity index is 617. The van der Waals surface area contributed by atoms with Gasteiger partial charge in [-0.15, -0.1) is 0 Å². The molecule has 4 nitrogen and oxygen atoms in total. The second-order valence-electron chi connectivity index (χ2n) is 2.51. The van der Waals surface area contributed by atoms with Crippen LogP contribution in [0.25, 0.3) is 20.4 Å². The lowest BCUT2D eigenvalue weighted by molar-refractivity contribution is 1.53. The van der Waals surface area contributed by atoms with Crippen molar-refractivity contribution in [3.63, 3.8) is 0 Å². The molecule has 0 fully saturated rings. The molecule has 0 spiro atoms. The van der Waals surface area contributed by atoms with Gasteiger partial charge in [0.05, 0.1) is 9.40 Å². The van der Waals surface area contributed by atoms with Gasteiger partial charge in [-0.05, 0) is 0 Å². The molecule has 0 atom stereocenters. The number of hydrogen-bond acceptors (Lipinski definition) is 6. The average molecular weight is 260 g/mol. The number of benzene rings is 1. The van der Waals surface area contributed by atoms with Crippen LogP contribution in [0.1, 0.15) is 0 Å². The Morgan fingerprint density at radius 2 is 1.29 bits per heavy atom. The van der Waals surface area contributed by atoms with Gasteiger partial charge in [0.15, 0.2) is 5.43 Å². The van der Waals surface area contributed by atoms with Crippen LogP contribution in [-0.4, -0.2) is 0 Å². The van der Waals surface area contributed by atoms with Crippen LogP contribution < -0.4 is 19.6 Å². The Hall–Kier alpha value is -0.700. The molecule has 0 radical (unpaired) electrons. The van der Waals surface area contributed by atoms with Crippen LogP contribution in [0.5, 0.6) is 0 Å². The fourth-order valence-electron chi connectivity index (χ4n) is 1.14. The maximum absolute atomic E-state index is 11.8. The fraction of sp³-hybridized carbons (Fsp3) is 0. The first-order valence-corrected chi connectivity index (χ1v) is 7.68. The Kier molecular flexibility index (Phi) is 1.78. The second-order valence-corrected chi connectivity index (χ2v) is 6.22. The summed E-state index contributed by atoms with van der Waals surface area (Å²) in [6.45, 7) is 0. The van der Waals surface area contributed by atoms with Crippen LogP contribution in [-0.2, 0) is 0 Å². The molecular formula is C6N2O2S4-2. The zero-order chi connectivity index (χ0) is 9.71. The van der Waals surface area contributed by atoms with Crippen molar-refractivity contribution in [3.8, 4) is 0 Å². The summed E-state index contributed by atoms with van der Waals surface area (Å²) < 4.78 is 8.78. The summed E-state index contributed by atoms with van der Waals surface area (Å²) in [6.07, 6.45) is 0. The molecule has 0 aliphatic rings. The van der Waals surface area contributed by atoms with E-state index in [2.05, 4.69) is 8.75 Å². The molecule has 2 heterocycles. The summed E-state index contributed by atoms with van der Waals surface area (Å²) in [5.74, 6) is 0. The summed E-state index contributed by atoms with van der Waals surface area (Å²) in [4.78, 5) is 23.5. The lowest BCUT2D eigenvalue weighted by Gasteiger charge is -1.98. The minimum atomic E-state index is -0.218. The van der Waals surface area contributed by atoms with E-state index in [0.717, 1.165) is 0 Å². The van der Waals surface area contributed by atoms with Crippen molar-refractivity contribution in [2.24, 2.45) is 0 Å². The van der Waals surface area contributed by atoms with Crippen LogP contribution in [0, 0.1) is 0 Å². The molecule has 8 heteroatoms. The molecule has 72 valence electrons. The predicted molar refractivity (Wildman–Crippen MR) is 61.0 cm³/mol. The highest BCUT2D eigenvalue weighted by atomic mass is 32.9. The maximum atomic E-state index is 11.8. The minimum Gasteiger partial charge on any atom is -0.598 e. The van der Waals surface area contributed by atoms with Gasteiger partial charge in [0.1, 0.15) is 0 Å². The third-order valence-corrected chi connectivity index (χ3v) is 5.42. The number of nitrogens with zero attached hydrogens (tertiary/aromatic N) is 2. The van der Waals surface area contributed by atoms with Crippen LogP contribution in [0.4, 0.5) is 0 Å². The summed E-state index contributed by atoms with van der Waals surface area (Å²) in [5.41, 5.74) is 0.225. The standard InChI is InChI=1S/C6HN2O2S4/c9-3-1-5(11-13-7-1)4(10)6-2(3)8-14-12-6/h(H-,7,8,10)/q-1/p-1. The molecule has 0 N–H and O–H groups in total. The van der Waals surface area contributed by atoms with Crippen molar-refractivity contribution in [2.75, 3.05) is 0 Å². The number of hydrogen-bond donors (Lipinski definition) is 0. The van der Waals surface area contributed by atoms with E-state index >= 15 is 0 Å². The van der Waals surface area contributed by atoms with E-state index in [-0.39, 0.29) is 21.9 Å². The highest BCUT2D eigenvalue weighted by Crippen LogP contribution is 2.20. The van der Waals surface area contributed by atoms with Crippen LogP contribution in [0.15, 0.2) is 9.59 Å². The predicted octanol–water partition coefficient (Wildman–Crippen LogP) is 1.44. The van der Waals surface area contributed by atoms with Crippen molar-refractivity contribution >= 4 is 62.2 Å². The lowest BCUT2D eigenvalue weighted by atomic mass is 10.3. The molecule has 14 heavy (non-hydrogen) atoms. The normalized spacial score (nSPS) is 11.4. The molecular weight excluding hydrogens is 260 g/mol. The van der Waals surface area contributed by atoms with Crippen molar-refractivity contribution in [1.82, 2.24) is 8.75 Å². The molecule has 0 saturated heterocycles. The van der Waals surface area contributed by atoms with E-state index in [1.54, 1.807) is 0 Å². The topological polar surface area (TPSA) is 62.3 Å². The van der Waals surface area contributed by atoms with E-state index in [0.29, 0.717) is 9.40 Å². The highest BCUT2D eigenvalue weighted by Gasteiger charge is 2.04. The molecule has 3 rings (SSSR count). The van der Waals surface area contributed by atoms with Crippen molar-refractivity contribution < 1.29 is 0 Å². The van der Waals surface area contributed by atoms with Gasteiger partial charge in [0.25, 0.3) is 0 Å². The van der Waals surface area contributed by atoms with E-state index < -0.39 is 0 Å². The monoisotopic (exact) mass is 260 g/mol. The second kappa shape index (κ2) is 2.89. The molecule has 0 aliphatic carbocycles. The van der Waals surface area contributed by atoms with Gasteiger partial charge in [-0.2, -0.15) is 0 Å². The number of fused-ring (bicyclic) bond motifs is 2.